The highest BCUT2D eigenvalue weighted by Gasteiger charge is 2.31. The van der Waals surface area contributed by atoms with E-state index in [1.165, 1.54) is 11.1 Å². The number of hydrogen-bond acceptors (Lipinski definition) is 2. The van der Waals surface area contributed by atoms with Crippen molar-refractivity contribution >= 4 is 6.29 Å². The number of aldehydes is 1. The van der Waals surface area contributed by atoms with Crippen LogP contribution < -0.4 is 0 Å². The molecule has 22 heavy (non-hydrogen) atoms. The Morgan fingerprint density at radius 3 is 2.41 bits per heavy atom. The molecule has 0 heterocycles. The molecule has 0 aliphatic heterocycles. The van der Waals surface area contributed by atoms with Gasteiger partial charge in [-0.15, -0.1) is 0 Å². The lowest BCUT2D eigenvalue weighted by Crippen LogP contribution is -2.28. The van der Waals surface area contributed by atoms with Gasteiger partial charge < -0.3 is 5.11 Å². The fraction of sp³-hybridized carbons (Fsp3) is 0.450. The Bertz CT molecular complexity index is 554. The van der Waals surface area contributed by atoms with Crippen LogP contribution in [0.4, 0.5) is 0 Å². The van der Waals surface area contributed by atoms with E-state index in [2.05, 4.69) is 39.8 Å². The van der Waals surface area contributed by atoms with Crippen molar-refractivity contribution in [2.24, 2.45) is 5.41 Å². The molecular weight excluding hydrogens is 272 g/mol. The third-order valence-corrected chi connectivity index (χ3v) is 4.04. The molecule has 0 bridgehead atoms. The van der Waals surface area contributed by atoms with Crippen LogP contribution >= 0.6 is 0 Å². The summed E-state index contributed by atoms with van der Waals surface area (Å²) in [5.41, 5.74) is 4.69. The molecule has 0 spiro atoms. The molecule has 1 N–H and O–H groups in total. The minimum absolute atomic E-state index is 0.0116. The smallest absolute Gasteiger partial charge is 0.143 e. The molecule has 1 rings (SSSR count). The molecular formula is C20H28O2. The fourth-order valence-corrected chi connectivity index (χ4v) is 2.96. The van der Waals surface area contributed by atoms with Crippen molar-refractivity contribution in [3.05, 3.63) is 58.7 Å². The highest BCUT2D eigenvalue weighted by Crippen LogP contribution is 2.40. The van der Waals surface area contributed by atoms with Crippen LogP contribution in [0, 0.1) is 5.41 Å². The van der Waals surface area contributed by atoms with Crippen LogP contribution in [0.15, 0.2) is 58.7 Å². The Balaban J connectivity index is 2.84. The van der Waals surface area contributed by atoms with Gasteiger partial charge in [-0.1, -0.05) is 55.4 Å². The van der Waals surface area contributed by atoms with Crippen molar-refractivity contribution in [1.29, 1.82) is 0 Å². The molecule has 0 unspecified atom stereocenters. The summed E-state index contributed by atoms with van der Waals surface area (Å²) in [6, 6.07) is 0. The Hall–Kier alpha value is -1.67. The molecule has 2 heteroatoms. The maximum Gasteiger partial charge on any atom is 0.143 e. The van der Waals surface area contributed by atoms with Gasteiger partial charge in [0.05, 0.1) is 6.10 Å². The van der Waals surface area contributed by atoms with Gasteiger partial charge in [-0.05, 0) is 56.3 Å². The fourth-order valence-electron chi connectivity index (χ4n) is 2.96. The molecule has 120 valence electrons. The Labute approximate surface area is 134 Å². The van der Waals surface area contributed by atoms with Gasteiger partial charge in [-0.3, -0.25) is 4.79 Å². The molecule has 0 fully saturated rings. The van der Waals surface area contributed by atoms with Crippen LogP contribution in [0.3, 0.4) is 0 Å². The monoisotopic (exact) mass is 300 g/mol. The van der Waals surface area contributed by atoms with E-state index in [0.717, 1.165) is 30.3 Å². The third kappa shape index (κ3) is 5.61. The minimum atomic E-state index is -0.223. The van der Waals surface area contributed by atoms with Crippen LogP contribution in [0.2, 0.25) is 0 Å². The molecule has 0 radical (unpaired) electrons. The van der Waals surface area contributed by atoms with E-state index in [1.54, 1.807) is 6.08 Å². The summed E-state index contributed by atoms with van der Waals surface area (Å²) in [6.07, 6.45) is 13.9. The van der Waals surface area contributed by atoms with Crippen molar-refractivity contribution in [2.45, 2.75) is 53.6 Å². The van der Waals surface area contributed by atoms with Crippen molar-refractivity contribution in [3.8, 4) is 0 Å². The van der Waals surface area contributed by atoms with Gasteiger partial charge in [-0.25, -0.2) is 0 Å². The second kappa shape index (κ2) is 8.09. The summed E-state index contributed by atoms with van der Waals surface area (Å²) in [5.74, 6) is 0. The maximum absolute atomic E-state index is 10.3. The highest BCUT2D eigenvalue weighted by atomic mass is 16.3. The van der Waals surface area contributed by atoms with Gasteiger partial charge in [0.1, 0.15) is 6.29 Å². The van der Waals surface area contributed by atoms with E-state index >= 15 is 0 Å². The molecule has 2 nitrogen and oxygen atoms in total. The predicted molar refractivity (Wildman–Crippen MR) is 93.6 cm³/mol. The van der Waals surface area contributed by atoms with Crippen LogP contribution in [0.25, 0.3) is 0 Å². The number of carbonyl (C=O) groups is 1. The largest absolute Gasteiger partial charge is 0.393 e. The van der Waals surface area contributed by atoms with Gasteiger partial charge in [0, 0.05) is 0 Å². The lowest BCUT2D eigenvalue weighted by atomic mass is 9.71. The molecule has 0 aromatic rings. The lowest BCUT2D eigenvalue weighted by Gasteiger charge is -2.35. The summed E-state index contributed by atoms with van der Waals surface area (Å²) < 4.78 is 0. The number of aliphatic hydroxyl groups is 1. The average Bonchev–Trinajstić information content (AvgIpc) is 2.36. The average molecular weight is 300 g/mol. The van der Waals surface area contributed by atoms with E-state index in [0.29, 0.717) is 0 Å². The van der Waals surface area contributed by atoms with Crippen LogP contribution in [-0.4, -0.2) is 17.5 Å². The molecule has 0 aromatic heterocycles. The number of hydrogen-bond donors (Lipinski definition) is 1. The first-order chi connectivity index (χ1) is 10.3. The molecule has 0 saturated carbocycles. The van der Waals surface area contributed by atoms with Crippen LogP contribution in [0.1, 0.15) is 47.5 Å². The third-order valence-electron chi connectivity index (χ3n) is 4.04. The molecule has 0 saturated heterocycles. The van der Waals surface area contributed by atoms with Gasteiger partial charge in [-0.2, -0.15) is 0 Å². The van der Waals surface area contributed by atoms with Gasteiger partial charge >= 0.3 is 0 Å². The van der Waals surface area contributed by atoms with Crippen molar-refractivity contribution in [2.75, 3.05) is 0 Å². The van der Waals surface area contributed by atoms with E-state index < -0.39 is 0 Å². The Kier molecular flexibility index (Phi) is 6.76. The number of allylic oxidation sites excluding steroid dienone is 9. The van der Waals surface area contributed by atoms with E-state index in [1.807, 2.05) is 25.2 Å². The summed E-state index contributed by atoms with van der Waals surface area (Å²) in [6.45, 7) is 10.4. The van der Waals surface area contributed by atoms with E-state index in [4.69, 9.17) is 0 Å². The van der Waals surface area contributed by atoms with Gasteiger partial charge in [0.15, 0.2) is 0 Å². The molecule has 1 aliphatic carbocycles. The standard InChI is InChI=1S/C20H28O2/c1-15(7-6-8-16(2)11-12-21)9-10-19-17(3)13-18(22)14-20(19,4)5/h6-12,18,22H,13-14H2,1-5H3/b8-6+,10-9+,15-7+,16-11-/t18-/m0/s1. The second-order valence-corrected chi connectivity index (χ2v) is 6.79. The normalized spacial score (nSPS) is 23.6. The molecule has 0 aromatic carbocycles. The zero-order valence-electron chi connectivity index (χ0n) is 14.4. The molecule has 1 aliphatic rings. The number of carbonyl (C=O) groups excluding carboxylic acids is 1. The summed E-state index contributed by atoms with van der Waals surface area (Å²) >= 11 is 0. The van der Waals surface area contributed by atoms with Gasteiger partial charge in [0.25, 0.3) is 0 Å². The quantitative estimate of drug-likeness (QED) is 0.454. The van der Waals surface area contributed by atoms with Gasteiger partial charge in [0.2, 0.25) is 0 Å². The highest BCUT2D eigenvalue weighted by molar-refractivity contribution is 5.66. The zero-order valence-corrected chi connectivity index (χ0v) is 14.4. The second-order valence-electron chi connectivity index (χ2n) is 6.79. The van der Waals surface area contributed by atoms with Crippen LogP contribution in [-0.2, 0) is 4.79 Å². The van der Waals surface area contributed by atoms with Crippen molar-refractivity contribution in [3.63, 3.8) is 0 Å². The number of rotatable bonds is 5. The molecule has 1 atom stereocenters. The molecule has 0 amide bonds. The summed E-state index contributed by atoms with van der Waals surface area (Å²) in [7, 11) is 0. The van der Waals surface area contributed by atoms with Crippen LogP contribution in [0.5, 0.6) is 0 Å². The Morgan fingerprint density at radius 1 is 1.18 bits per heavy atom. The van der Waals surface area contributed by atoms with Crippen molar-refractivity contribution in [1.82, 2.24) is 0 Å². The predicted octanol–water partition coefficient (Wildman–Crippen LogP) is 4.69. The minimum Gasteiger partial charge on any atom is -0.393 e. The maximum atomic E-state index is 10.3. The first-order valence-corrected chi connectivity index (χ1v) is 7.79. The van der Waals surface area contributed by atoms with Crippen molar-refractivity contribution < 1.29 is 9.90 Å². The first-order valence-electron chi connectivity index (χ1n) is 7.79. The van der Waals surface area contributed by atoms with E-state index in [9.17, 15) is 9.90 Å². The first kappa shape index (κ1) is 18.4. The summed E-state index contributed by atoms with van der Waals surface area (Å²) in [5, 5.41) is 9.91. The topological polar surface area (TPSA) is 37.3 Å². The zero-order chi connectivity index (χ0) is 16.8. The number of aliphatic hydroxyl groups excluding tert-OH is 1. The summed E-state index contributed by atoms with van der Waals surface area (Å²) in [4.78, 5) is 10.3. The Morgan fingerprint density at radius 2 is 1.82 bits per heavy atom. The van der Waals surface area contributed by atoms with E-state index in [-0.39, 0.29) is 11.5 Å². The lowest BCUT2D eigenvalue weighted by molar-refractivity contribution is -0.104. The SMILES string of the molecule is CC1=C(/C=C/C(C)=C/C=C/C(C)=C\C=O)C(C)(C)C[C@@H](O)C1.